The molecule has 1 heterocycles. The molecule has 0 aliphatic heterocycles. The highest BCUT2D eigenvalue weighted by Gasteiger charge is 2.27. The van der Waals surface area contributed by atoms with Crippen molar-refractivity contribution in [2.75, 3.05) is 14.2 Å². The maximum Gasteiger partial charge on any atom is 0.354 e. The summed E-state index contributed by atoms with van der Waals surface area (Å²) in [5, 5.41) is 3.04. The molecular formula is C12H18N2O4. The lowest BCUT2D eigenvalue weighted by atomic mass is 10.1. The fourth-order valence-electron chi connectivity index (χ4n) is 1.42. The first-order chi connectivity index (χ1) is 8.40. The maximum absolute atomic E-state index is 11.4. The molecule has 18 heavy (non-hydrogen) atoms. The van der Waals surface area contributed by atoms with Crippen LogP contribution in [0.15, 0.2) is 12.1 Å². The fourth-order valence-corrected chi connectivity index (χ4v) is 1.42. The second-order valence-corrected chi connectivity index (χ2v) is 4.36. The van der Waals surface area contributed by atoms with Crippen molar-refractivity contribution in [3.63, 3.8) is 0 Å². The van der Waals surface area contributed by atoms with Gasteiger partial charge in [0.25, 0.3) is 0 Å². The zero-order valence-electron chi connectivity index (χ0n) is 11.0. The Hall–Kier alpha value is -1.82. The zero-order valence-corrected chi connectivity index (χ0v) is 11.0. The summed E-state index contributed by atoms with van der Waals surface area (Å²) in [6, 6.07) is 3.39. The van der Waals surface area contributed by atoms with E-state index >= 15 is 0 Å². The average Bonchev–Trinajstić information content (AvgIpc) is 2.83. The summed E-state index contributed by atoms with van der Waals surface area (Å²) in [5.41, 5.74) is 0.378. The summed E-state index contributed by atoms with van der Waals surface area (Å²) in [4.78, 5) is 25.6. The number of carbonyl (C=O) groups is 2. The van der Waals surface area contributed by atoms with Crippen molar-refractivity contribution in [3.8, 4) is 0 Å². The highest BCUT2D eigenvalue weighted by atomic mass is 16.5. The molecule has 0 saturated carbocycles. The number of methoxy groups -OCH3 is 2. The van der Waals surface area contributed by atoms with E-state index in [0.717, 1.165) is 5.69 Å². The molecule has 0 bridgehead atoms. The van der Waals surface area contributed by atoms with Gasteiger partial charge in [0.05, 0.1) is 14.2 Å². The number of rotatable bonds is 5. The van der Waals surface area contributed by atoms with Crippen molar-refractivity contribution in [1.82, 2.24) is 10.3 Å². The van der Waals surface area contributed by atoms with Gasteiger partial charge in [-0.3, -0.25) is 10.1 Å². The van der Waals surface area contributed by atoms with E-state index in [-0.39, 0.29) is 5.97 Å². The number of aromatic amines is 1. The molecule has 0 aliphatic rings. The van der Waals surface area contributed by atoms with E-state index in [9.17, 15) is 9.59 Å². The van der Waals surface area contributed by atoms with Crippen LogP contribution in [0.25, 0.3) is 0 Å². The van der Waals surface area contributed by atoms with Gasteiger partial charge in [-0.2, -0.15) is 0 Å². The van der Waals surface area contributed by atoms with Gasteiger partial charge in [-0.05, 0) is 26.0 Å². The molecule has 6 nitrogen and oxygen atoms in total. The molecule has 1 aromatic rings. The van der Waals surface area contributed by atoms with E-state index in [0.29, 0.717) is 12.2 Å². The Balaban J connectivity index is 2.61. The van der Waals surface area contributed by atoms with Gasteiger partial charge in [0.1, 0.15) is 11.2 Å². The number of H-pyrrole nitrogens is 1. The minimum Gasteiger partial charge on any atom is -0.468 e. The molecule has 1 aromatic heterocycles. The van der Waals surface area contributed by atoms with Crippen molar-refractivity contribution in [1.29, 1.82) is 0 Å². The molecule has 0 fully saturated rings. The summed E-state index contributed by atoms with van der Waals surface area (Å²) in [6.45, 7) is 3.87. The molecule has 0 radical (unpaired) electrons. The standard InChI is InChI=1S/C12H18N2O4/c1-12(2,11(16)18-4)13-7-8-5-6-9(14-8)10(15)17-3/h5-6,13-14H,7H2,1-4H3. The number of aromatic nitrogens is 1. The zero-order chi connectivity index (χ0) is 13.8. The van der Waals surface area contributed by atoms with Crippen molar-refractivity contribution in [2.24, 2.45) is 0 Å². The van der Waals surface area contributed by atoms with E-state index in [2.05, 4.69) is 19.8 Å². The molecule has 0 saturated heterocycles. The number of esters is 2. The molecule has 2 N–H and O–H groups in total. The lowest BCUT2D eigenvalue weighted by Crippen LogP contribution is -2.47. The predicted molar refractivity (Wildman–Crippen MR) is 65.1 cm³/mol. The molecular weight excluding hydrogens is 236 g/mol. The largest absolute Gasteiger partial charge is 0.468 e. The second-order valence-electron chi connectivity index (χ2n) is 4.36. The van der Waals surface area contributed by atoms with E-state index < -0.39 is 11.5 Å². The van der Waals surface area contributed by atoms with Crippen LogP contribution < -0.4 is 5.32 Å². The molecule has 6 heteroatoms. The number of hydrogen-bond acceptors (Lipinski definition) is 5. The van der Waals surface area contributed by atoms with E-state index in [1.165, 1.54) is 14.2 Å². The number of nitrogens with one attached hydrogen (secondary N) is 2. The summed E-state index contributed by atoms with van der Waals surface area (Å²) in [6.07, 6.45) is 0. The molecule has 0 unspecified atom stereocenters. The smallest absolute Gasteiger partial charge is 0.354 e. The number of ether oxygens (including phenoxy) is 2. The maximum atomic E-state index is 11.4. The number of carbonyl (C=O) groups excluding carboxylic acids is 2. The molecule has 0 atom stereocenters. The van der Waals surface area contributed by atoms with Gasteiger partial charge in [0, 0.05) is 12.2 Å². The monoisotopic (exact) mass is 254 g/mol. The van der Waals surface area contributed by atoms with Crippen LogP contribution in [-0.4, -0.2) is 36.7 Å². The Labute approximate surface area is 106 Å². The SMILES string of the molecule is COC(=O)c1ccc(CNC(C)(C)C(=O)OC)[nH]1. The minimum absolute atomic E-state index is 0.345. The average molecular weight is 254 g/mol. The summed E-state index contributed by atoms with van der Waals surface area (Å²) >= 11 is 0. The Morgan fingerprint density at radius 2 is 1.94 bits per heavy atom. The Morgan fingerprint density at radius 1 is 1.28 bits per heavy atom. The van der Waals surface area contributed by atoms with Gasteiger partial charge in [-0.15, -0.1) is 0 Å². The van der Waals surface area contributed by atoms with Crippen LogP contribution in [0.5, 0.6) is 0 Å². The minimum atomic E-state index is -0.786. The third-order valence-electron chi connectivity index (χ3n) is 2.57. The highest BCUT2D eigenvalue weighted by Crippen LogP contribution is 2.08. The van der Waals surface area contributed by atoms with Gasteiger partial charge in [-0.1, -0.05) is 0 Å². The fraction of sp³-hybridized carbons (Fsp3) is 0.500. The van der Waals surface area contributed by atoms with Crippen LogP contribution in [0.1, 0.15) is 30.0 Å². The summed E-state index contributed by atoms with van der Waals surface area (Å²) in [7, 11) is 2.66. The molecule has 0 aromatic carbocycles. The van der Waals surface area contributed by atoms with Gasteiger partial charge in [-0.25, -0.2) is 4.79 Å². The van der Waals surface area contributed by atoms with Crippen LogP contribution in [0.2, 0.25) is 0 Å². The van der Waals surface area contributed by atoms with Gasteiger partial charge >= 0.3 is 11.9 Å². The van der Waals surface area contributed by atoms with Crippen LogP contribution in [0, 0.1) is 0 Å². The summed E-state index contributed by atoms with van der Waals surface area (Å²) < 4.78 is 9.26. The predicted octanol–water partition coefficient (Wildman–Crippen LogP) is 0.842. The van der Waals surface area contributed by atoms with Crippen molar-refractivity contribution < 1.29 is 19.1 Å². The topological polar surface area (TPSA) is 80.4 Å². The van der Waals surface area contributed by atoms with Crippen molar-refractivity contribution in [2.45, 2.75) is 25.9 Å². The van der Waals surface area contributed by atoms with Gasteiger partial charge in [0.15, 0.2) is 0 Å². The molecule has 100 valence electrons. The van der Waals surface area contributed by atoms with Gasteiger partial charge < -0.3 is 14.5 Å². The van der Waals surface area contributed by atoms with E-state index in [4.69, 9.17) is 0 Å². The second kappa shape index (κ2) is 5.68. The van der Waals surface area contributed by atoms with Gasteiger partial charge in [0.2, 0.25) is 0 Å². The van der Waals surface area contributed by atoms with Crippen LogP contribution in [0.4, 0.5) is 0 Å². The first-order valence-electron chi connectivity index (χ1n) is 5.50. The van der Waals surface area contributed by atoms with Crippen molar-refractivity contribution >= 4 is 11.9 Å². The first-order valence-corrected chi connectivity index (χ1v) is 5.50. The molecule has 0 spiro atoms. The van der Waals surface area contributed by atoms with Crippen molar-refractivity contribution in [3.05, 3.63) is 23.5 Å². The van der Waals surface area contributed by atoms with Crippen LogP contribution in [0.3, 0.4) is 0 Å². The Bertz CT molecular complexity index is 437. The quantitative estimate of drug-likeness (QED) is 0.761. The normalized spacial score (nSPS) is 11.1. The summed E-state index contributed by atoms with van der Waals surface area (Å²) in [5.74, 6) is -0.768. The van der Waals surface area contributed by atoms with E-state index in [1.54, 1.807) is 26.0 Å². The third-order valence-corrected chi connectivity index (χ3v) is 2.57. The first kappa shape index (κ1) is 14.2. The number of hydrogen-bond donors (Lipinski definition) is 2. The molecule has 1 rings (SSSR count). The molecule has 0 aliphatic carbocycles. The third kappa shape index (κ3) is 3.33. The van der Waals surface area contributed by atoms with E-state index in [1.807, 2.05) is 0 Å². The lowest BCUT2D eigenvalue weighted by molar-refractivity contribution is -0.147. The van der Waals surface area contributed by atoms with Crippen LogP contribution in [-0.2, 0) is 20.8 Å². The molecule has 0 amide bonds. The Kier molecular flexibility index (Phi) is 4.49. The lowest BCUT2D eigenvalue weighted by Gasteiger charge is -2.22. The van der Waals surface area contributed by atoms with Crippen LogP contribution >= 0.6 is 0 Å². The highest BCUT2D eigenvalue weighted by molar-refractivity contribution is 5.87. The Morgan fingerprint density at radius 3 is 2.50 bits per heavy atom.